The van der Waals surface area contributed by atoms with Crippen LogP contribution in [0.2, 0.25) is 0 Å². The number of carbonyl (C=O) groups excluding carboxylic acids is 1. The fourth-order valence-electron chi connectivity index (χ4n) is 2.17. The van der Waals surface area contributed by atoms with Crippen LogP contribution in [0.15, 0.2) is 54.6 Å². The molecular weight excluding hydrogens is 232 g/mol. The maximum absolute atomic E-state index is 12.3. The molecule has 0 aliphatic rings. The Labute approximate surface area is 115 Å². The second-order valence-corrected chi connectivity index (χ2v) is 4.95. The van der Waals surface area contributed by atoms with Gasteiger partial charge in [0.1, 0.15) is 5.78 Å². The van der Waals surface area contributed by atoms with Crippen molar-refractivity contribution < 1.29 is 4.79 Å². The van der Waals surface area contributed by atoms with Crippen LogP contribution in [0.4, 0.5) is 0 Å². The molecule has 1 unspecified atom stereocenters. The smallest absolute Gasteiger partial charge is 0.144 e. The van der Waals surface area contributed by atoms with E-state index in [0.717, 1.165) is 17.5 Å². The average molecular weight is 252 g/mol. The van der Waals surface area contributed by atoms with E-state index < -0.39 is 0 Å². The van der Waals surface area contributed by atoms with Crippen LogP contribution in [0.25, 0.3) is 0 Å². The lowest BCUT2D eigenvalue weighted by molar-refractivity contribution is -0.119. The number of rotatable bonds is 5. The standard InChI is InChI=1S/C18H20O/c1-3-15-9-11-16(12-10-15)13-18(19)14(2)17-7-5-4-6-8-17/h4-12,14H,3,13H2,1-2H3. The second kappa shape index (κ2) is 6.33. The first-order valence-corrected chi connectivity index (χ1v) is 6.86. The summed E-state index contributed by atoms with van der Waals surface area (Å²) in [6, 6.07) is 18.3. The monoisotopic (exact) mass is 252 g/mol. The third kappa shape index (κ3) is 3.54. The normalized spacial score (nSPS) is 12.1. The highest BCUT2D eigenvalue weighted by atomic mass is 16.1. The molecule has 19 heavy (non-hydrogen) atoms. The molecule has 98 valence electrons. The highest BCUT2D eigenvalue weighted by Crippen LogP contribution is 2.18. The van der Waals surface area contributed by atoms with Gasteiger partial charge in [-0.2, -0.15) is 0 Å². The van der Waals surface area contributed by atoms with Gasteiger partial charge in [0.2, 0.25) is 0 Å². The van der Waals surface area contributed by atoms with Crippen molar-refractivity contribution in [3.63, 3.8) is 0 Å². The third-order valence-corrected chi connectivity index (χ3v) is 3.59. The maximum atomic E-state index is 12.3. The SMILES string of the molecule is CCc1ccc(CC(=O)C(C)c2ccccc2)cc1. The van der Waals surface area contributed by atoms with Crippen molar-refractivity contribution >= 4 is 5.78 Å². The zero-order valence-corrected chi connectivity index (χ0v) is 11.6. The van der Waals surface area contributed by atoms with E-state index in [4.69, 9.17) is 0 Å². The van der Waals surface area contributed by atoms with Gasteiger partial charge >= 0.3 is 0 Å². The van der Waals surface area contributed by atoms with Gasteiger partial charge in [-0.25, -0.2) is 0 Å². The summed E-state index contributed by atoms with van der Waals surface area (Å²) in [6.07, 6.45) is 1.55. The number of hydrogen-bond acceptors (Lipinski definition) is 1. The lowest BCUT2D eigenvalue weighted by Crippen LogP contribution is -2.12. The number of hydrogen-bond donors (Lipinski definition) is 0. The second-order valence-electron chi connectivity index (χ2n) is 4.95. The van der Waals surface area contributed by atoms with Crippen molar-refractivity contribution in [2.45, 2.75) is 32.6 Å². The molecule has 0 fully saturated rings. The summed E-state index contributed by atoms with van der Waals surface area (Å²) in [5.41, 5.74) is 3.51. The summed E-state index contributed by atoms with van der Waals surface area (Å²) in [7, 11) is 0. The molecule has 0 aliphatic heterocycles. The number of carbonyl (C=O) groups is 1. The summed E-state index contributed by atoms with van der Waals surface area (Å²) in [5, 5.41) is 0. The van der Waals surface area contributed by atoms with Crippen molar-refractivity contribution in [1.82, 2.24) is 0 Å². The number of ketones is 1. The summed E-state index contributed by atoms with van der Waals surface area (Å²) >= 11 is 0. The molecule has 0 bridgehead atoms. The molecule has 2 aromatic carbocycles. The van der Waals surface area contributed by atoms with Crippen molar-refractivity contribution in [2.24, 2.45) is 0 Å². The van der Waals surface area contributed by atoms with E-state index in [1.165, 1.54) is 5.56 Å². The van der Waals surface area contributed by atoms with Gasteiger partial charge in [-0.3, -0.25) is 4.79 Å². The average Bonchev–Trinajstić information content (AvgIpc) is 2.48. The zero-order valence-electron chi connectivity index (χ0n) is 11.6. The minimum absolute atomic E-state index is 0.0351. The molecule has 0 spiro atoms. The number of benzene rings is 2. The number of aryl methyl sites for hydroxylation is 1. The Balaban J connectivity index is 2.04. The van der Waals surface area contributed by atoms with E-state index in [1.807, 2.05) is 37.3 Å². The van der Waals surface area contributed by atoms with Crippen molar-refractivity contribution in [1.29, 1.82) is 0 Å². The van der Waals surface area contributed by atoms with Gasteiger partial charge in [0.05, 0.1) is 0 Å². The molecule has 1 nitrogen and oxygen atoms in total. The van der Waals surface area contributed by atoms with E-state index in [2.05, 4.69) is 31.2 Å². The van der Waals surface area contributed by atoms with Crippen LogP contribution in [0, 0.1) is 0 Å². The fraction of sp³-hybridized carbons (Fsp3) is 0.278. The van der Waals surface area contributed by atoms with Gasteiger partial charge in [0, 0.05) is 12.3 Å². The molecule has 0 saturated heterocycles. The largest absolute Gasteiger partial charge is 0.299 e. The summed E-state index contributed by atoms with van der Waals surface area (Å²) in [4.78, 5) is 12.3. The van der Waals surface area contributed by atoms with Gasteiger partial charge in [-0.15, -0.1) is 0 Å². The predicted molar refractivity (Wildman–Crippen MR) is 79.4 cm³/mol. The van der Waals surface area contributed by atoms with Crippen LogP contribution in [-0.4, -0.2) is 5.78 Å². The quantitative estimate of drug-likeness (QED) is 0.780. The Morgan fingerprint density at radius 2 is 1.53 bits per heavy atom. The van der Waals surface area contributed by atoms with Gasteiger partial charge in [-0.05, 0) is 23.1 Å². The van der Waals surface area contributed by atoms with Crippen LogP contribution in [0.1, 0.15) is 36.5 Å². The fourth-order valence-corrected chi connectivity index (χ4v) is 2.17. The first-order chi connectivity index (χ1) is 9.20. The molecule has 2 rings (SSSR count). The van der Waals surface area contributed by atoms with E-state index in [9.17, 15) is 4.79 Å². The molecule has 0 radical (unpaired) electrons. The van der Waals surface area contributed by atoms with Crippen LogP contribution in [0.5, 0.6) is 0 Å². The highest BCUT2D eigenvalue weighted by molar-refractivity contribution is 5.87. The van der Waals surface area contributed by atoms with Crippen LogP contribution in [-0.2, 0) is 17.6 Å². The first-order valence-electron chi connectivity index (χ1n) is 6.86. The molecule has 0 aliphatic carbocycles. The molecule has 0 saturated carbocycles. The summed E-state index contributed by atoms with van der Waals surface area (Å²) in [6.45, 7) is 4.12. The minimum Gasteiger partial charge on any atom is -0.299 e. The molecule has 1 atom stereocenters. The van der Waals surface area contributed by atoms with Gasteiger partial charge in [-0.1, -0.05) is 68.4 Å². The Morgan fingerprint density at radius 1 is 0.947 bits per heavy atom. The van der Waals surface area contributed by atoms with Gasteiger partial charge in [0.25, 0.3) is 0 Å². The lowest BCUT2D eigenvalue weighted by Gasteiger charge is -2.11. The maximum Gasteiger partial charge on any atom is 0.144 e. The third-order valence-electron chi connectivity index (χ3n) is 3.59. The molecule has 1 heteroatoms. The van der Waals surface area contributed by atoms with Crippen LogP contribution in [0.3, 0.4) is 0 Å². The number of Topliss-reactive ketones (excluding diaryl/α,β-unsaturated/α-hetero) is 1. The summed E-state index contributed by atoms with van der Waals surface area (Å²) < 4.78 is 0. The topological polar surface area (TPSA) is 17.1 Å². The van der Waals surface area contributed by atoms with Crippen LogP contribution < -0.4 is 0 Å². The van der Waals surface area contributed by atoms with Crippen molar-refractivity contribution in [3.8, 4) is 0 Å². The Hall–Kier alpha value is -1.89. The Morgan fingerprint density at radius 3 is 2.11 bits per heavy atom. The molecule has 0 N–H and O–H groups in total. The first kappa shape index (κ1) is 13.5. The van der Waals surface area contributed by atoms with Crippen molar-refractivity contribution in [2.75, 3.05) is 0 Å². The zero-order chi connectivity index (χ0) is 13.7. The van der Waals surface area contributed by atoms with Gasteiger partial charge in [0.15, 0.2) is 0 Å². The highest BCUT2D eigenvalue weighted by Gasteiger charge is 2.15. The molecule has 0 heterocycles. The Bertz CT molecular complexity index is 525. The Kier molecular flexibility index (Phi) is 4.51. The molecule has 0 amide bonds. The lowest BCUT2D eigenvalue weighted by atomic mass is 9.92. The molecule has 0 aromatic heterocycles. The predicted octanol–water partition coefficient (Wildman–Crippen LogP) is 4.16. The van der Waals surface area contributed by atoms with Gasteiger partial charge < -0.3 is 0 Å². The summed E-state index contributed by atoms with van der Waals surface area (Å²) in [5.74, 6) is 0.238. The van der Waals surface area contributed by atoms with E-state index in [-0.39, 0.29) is 11.7 Å². The van der Waals surface area contributed by atoms with Crippen molar-refractivity contribution in [3.05, 3.63) is 71.3 Å². The van der Waals surface area contributed by atoms with Crippen LogP contribution >= 0.6 is 0 Å². The van der Waals surface area contributed by atoms with E-state index in [1.54, 1.807) is 0 Å². The molecule has 2 aromatic rings. The van der Waals surface area contributed by atoms with E-state index >= 15 is 0 Å². The minimum atomic E-state index is -0.0351. The van der Waals surface area contributed by atoms with E-state index in [0.29, 0.717) is 6.42 Å². The molecular formula is C18H20O.